The summed E-state index contributed by atoms with van der Waals surface area (Å²) in [4.78, 5) is 23.8. The number of amides is 2. The van der Waals surface area contributed by atoms with E-state index < -0.39 is 0 Å². The molecule has 0 aliphatic heterocycles. The van der Waals surface area contributed by atoms with Crippen LogP contribution in [0.5, 0.6) is 0 Å². The molecule has 0 saturated heterocycles. The fourth-order valence-electron chi connectivity index (χ4n) is 1.76. The summed E-state index contributed by atoms with van der Waals surface area (Å²) in [5, 5.41) is 9.75. The molecule has 6 heteroatoms. The quantitative estimate of drug-likeness (QED) is 0.884. The molecule has 0 aliphatic rings. The van der Waals surface area contributed by atoms with E-state index in [1.54, 1.807) is 13.1 Å². The van der Waals surface area contributed by atoms with Crippen molar-refractivity contribution in [2.75, 3.05) is 6.54 Å². The van der Waals surface area contributed by atoms with Gasteiger partial charge in [-0.2, -0.15) is 5.10 Å². The van der Waals surface area contributed by atoms with Gasteiger partial charge in [0.05, 0.1) is 12.2 Å². The Kier molecular flexibility index (Phi) is 4.81. The second kappa shape index (κ2) is 5.87. The van der Waals surface area contributed by atoms with E-state index in [0.717, 1.165) is 5.69 Å². The molecule has 2 N–H and O–H groups in total. The Morgan fingerprint density at radius 2 is 1.76 bits per heavy atom. The highest BCUT2D eigenvalue weighted by atomic mass is 16.2. The Morgan fingerprint density at radius 1 is 1.19 bits per heavy atom. The first-order chi connectivity index (χ1) is 9.40. The molecule has 0 fully saturated rings. The van der Waals surface area contributed by atoms with Crippen LogP contribution in [0.4, 0.5) is 0 Å². The summed E-state index contributed by atoms with van der Waals surface area (Å²) in [5.41, 5.74) is 0.853. The molecule has 0 radical (unpaired) electrons. The zero-order valence-electron chi connectivity index (χ0n) is 14.0. The highest BCUT2D eigenvalue weighted by molar-refractivity contribution is 5.95. The predicted octanol–water partition coefficient (Wildman–Crippen LogP) is 1.36. The Balaban J connectivity index is 2.69. The van der Waals surface area contributed by atoms with Crippen LogP contribution in [0.2, 0.25) is 0 Å². The number of carbonyl (C=O) groups is 2. The average molecular weight is 294 g/mol. The SMILES string of the molecule is Cn1nc(C(C)(C)C)cc1C(=O)NCC(=O)NC(C)(C)C. The van der Waals surface area contributed by atoms with Crippen LogP contribution in [0, 0.1) is 0 Å². The van der Waals surface area contributed by atoms with E-state index in [2.05, 4.69) is 15.7 Å². The molecule has 0 atom stereocenters. The van der Waals surface area contributed by atoms with E-state index in [1.165, 1.54) is 4.68 Å². The largest absolute Gasteiger partial charge is 0.350 e. The lowest BCUT2D eigenvalue weighted by Gasteiger charge is -2.20. The number of aryl methyl sites for hydroxylation is 1. The second-order valence-electron chi connectivity index (χ2n) is 7.27. The van der Waals surface area contributed by atoms with Crippen molar-refractivity contribution in [2.45, 2.75) is 52.5 Å². The van der Waals surface area contributed by atoms with Crippen LogP contribution in [-0.2, 0) is 17.3 Å². The maximum absolute atomic E-state index is 12.1. The van der Waals surface area contributed by atoms with Gasteiger partial charge in [0.15, 0.2) is 0 Å². The first-order valence-corrected chi connectivity index (χ1v) is 7.04. The summed E-state index contributed by atoms with van der Waals surface area (Å²) in [6.07, 6.45) is 0. The van der Waals surface area contributed by atoms with E-state index in [1.807, 2.05) is 41.5 Å². The normalized spacial score (nSPS) is 12.1. The third-order valence-electron chi connectivity index (χ3n) is 2.80. The van der Waals surface area contributed by atoms with Gasteiger partial charge in [-0.25, -0.2) is 0 Å². The number of hydrogen-bond acceptors (Lipinski definition) is 3. The van der Waals surface area contributed by atoms with Crippen LogP contribution < -0.4 is 10.6 Å². The van der Waals surface area contributed by atoms with Gasteiger partial charge >= 0.3 is 0 Å². The van der Waals surface area contributed by atoms with E-state index in [-0.39, 0.29) is 29.3 Å². The predicted molar refractivity (Wildman–Crippen MR) is 82.1 cm³/mol. The minimum atomic E-state index is -0.312. The average Bonchev–Trinajstić information content (AvgIpc) is 2.65. The van der Waals surface area contributed by atoms with Gasteiger partial charge in [-0.1, -0.05) is 20.8 Å². The van der Waals surface area contributed by atoms with Gasteiger partial charge in [-0.3, -0.25) is 14.3 Å². The maximum Gasteiger partial charge on any atom is 0.269 e. The molecule has 0 unspecified atom stereocenters. The van der Waals surface area contributed by atoms with Gasteiger partial charge in [-0.15, -0.1) is 0 Å². The minimum absolute atomic E-state index is 0.0495. The standard InChI is InChI=1S/C15H26N4O2/c1-14(2,3)11-8-10(19(7)18-11)13(21)16-9-12(20)17-15(4,5)6/h8H,9H2,1-7H3,(H,16,21)(H,17,20). The molecule has 21 heavy (non-hydrogen) atoms. The molecular weight excluding hydrogens is 268 g/mol. The van der Waals surface area contributed by atoms with Crippen molar-refractivity contribution in [3.63, 3.8) is 0 Å². The molecule has 0 spiro atoms. The van der Waals surface area contributed by atoms with Crippen molar-refractivity contribution in [1.82, 2.24) is 20.4 Å². The Morgan fingerprint density at radius 3 is 2.19 bits per heavy atom. The molecule has 6 nitrogen and oxygen atoms in total. The van der Waals surface area contributed by atoms with Gasteiger partial charge in [0.25, 0.3) is 5.91 Å². The van der Waals surface area contributed by atoms with Gasteiger partial charge in [-0.05, 0) is 26.8 Å². The first kappa shape index (κ1) is 17.2. The van der Waals surface area contributed by atoms with Crippen LogP contribution in [0.3, 0.4) is 0 Å². The van der Waals surface area contributed by atoms with Crippen LogP contribution in [0.25, 0.3) is 0 Å². The van der Waals surface area contributed by atoms with E-state index in [9.17, 15) is 9.59 Å². The fourth-order valence-corrected chi connectivity index (χ4v) is 1.76. The molecule has 0 saturated carbocycles. The molecule has 0 bridgehead atoms. The summed E-state index contributed by atoms with van der Waals surface area (Å²) < 4.78 is 1.54. The van der Waals surface area contributed by atoms with Gasteiger partial charge in [0.1, 0.15) is 5.69 Å². The molecule has 2 amide bonds. The van der Waals surface area contributed by atoms with E-state index in [4.69, 9.17) is 0 Å². The Bertz CT molecular complexity index is 533. The number of carbonyl (C=O) groups excluding carboxylic acids is 2. The fraction of sp³-hybridized carbons (Fsp3) is 0.667. The molecule has 1 aromatic rings. The van der Waals surface area contributed by atoms with Crippen molar-refractivity contribution in [3.05, 3.63) is 17.5 Å². The third-order valence-corrected chi connectivity index (χ3v) is 2.80. The molecule has 1 rings (SSSR count). The lowest BCUT2D eigenvalue weighted by molar-refractivity contribution is -0.121. The van der Waals surface area contributed by atoms with Crippen LogP contribution in [0.1, 0.15) is 57.7 Å². The molecule has 1 aromatic heterocycles. The minimum Gasteiger partial charge on any atom is -0.350 e. The van der Waals surface area contributed by atoms with Crippen molar-refractivity contribution in [1.29, 1.82) is 0 Å². The van der Waals surface area contributed by atoms with Crippen molar-refractivity contribution in [3.8, 4) is 0 Å². The third kappa shape index (κ3) is 5.21. The van der Waals surface area contributed by atoms with Gasteiger partial charge < -0.3 is 10.6 Å². The second-order valence-corrected chi connectivity index (χ2v) is 7.27. The monoisotopic (exact) mass is 294 g/mol. The van der Waals surface area contributed by atoms with Crippen molar-refractivity contribution in [2.24, 2.45) is 7.05 Å². The lowest BCUT2D eigenvalue weighted by Crippen LogP contribution is -2.46. The zero-order valence-corrected chi connectivity index (χ0v) is 14.0. The summed E-state index contributed by atoms with van der Waals surface area (Å²) >= 11 is 0. The number of nitrogens with zero attached hydrogens (tertiary/aromatic N) is 2. The molecule has 0 aliphatic carbocycles. The Hall–Kier alpha value is -1.85. The number of hydrogen-bond donors (Lipinski definition) is 2. The molecule has 1 heterocycles. The zero-order chi connectivity index (χ0) is 16.4. The van der Waals surface area contributed by atoms with Crippen LogP contribution >= 0.6 is 0 Å². The number of aromatic nitrogens is 2. The highest BCUT2D eigenvalue weighted by Gasteiger charge is 2.22. The topological polar surface area (TPSA) is 76.0 Å². The van der Waals surface area contributed by atoms with E-state index >= 15 is 0 Å². The van der Waals surface area contributed by atoms with Crippen molar-refractivity contribution >= 4 is 11.8 Å². The Labute approximate surface area is 126 Å². The smallest absolute Gasteiger partial charge is 0.269 e. The number of rotatable bonds is 3. The van der Waals surface area contributed by atoms with Crippen LogP contribution in [-0.4, -0.2) is 33.7 Å². The summed E-state index contributed by atoms with van der Waals surface area (Å²) in [6.45, 7) is 11.7. The van der Waals surface area contributed by atoms with Gasteiger partial charge in [0, 0.05) is 18.0 Å². The maximum atomic E-state index is 12.1. The van der Waals surface area contributed by atoms with Crippen molar-refractivity contribution < 1.29 is 9.59 Å². The summed E-state index contributed by atoms with van der Waals surface area (Å²) in [6, 6.07) is 1.76. The molecule has 0 aromatic carbocycles. The summed E-state index contributed by atoms with van der Waals surface area (Å²) in [7, 11) is 1.72. The lowest BCUT2D eigenvalue weighted by atomic mass is 9.92. The molecular formula is C15H26N4O2. The molecule has 118 valence electrons. The highest BCUT2D eigenvalue weighted by Crippen LogP contribution is 2.21. The van der Waals surface area contributed by atoms with E-state index in [0.29, 0.717) is 5.69 Å². The summed E-state index contributed by atoms with van der Waals surface area (Å²) in [5.74, 6) is -0.515. The van der Waals surface area contributed by atoms with Crippen LogP contribution in [0.15, 0.2) is 6.07 Å². The first-order valence-electron chi connectivity index (χ1n) is 7.04. The van der Waals surface area contributed by atoms with Gasteiger partial charge in [0.2, 0.25) is 5.91 Å². The number of nitrogens with one attached hydrogen (secondary N) is 2.